The second-order valence-corrected chi connectivity index (χ2v) is 5.26. The molecule has 2 atom stereocenters. The van der Waals surface area contributed by atoms with E-state index in [1.54, 1.807) is 6.08 Å². The Kier molecular flexibility index (Phi) is 4.60. The molecule has 2 fully saturated rings. The number of hydrogen-bond donors (Lipinski definition) is 1. The Balaban J connectivity index is 1.89. The zero-order valence-electron chi connectivity index (χ0n) is 10.7. The van der Waals surface area contributed by atoms with Crippen LogP contribution in [0.4, 0.5) is 0 Å². The van der Waals surface area contributed by atoms with Crippen LogP contribution >= 0.6 is 0 Å². The predicted molar refractivity (Wildman–Crippen MR) is 69.8 cm³/mol. The number of fused-ring (bicyclic) bond motifs is 1. The zero-order valence-corrected chi connectivity index (χ0v) is 10.7. The van der Waals surface area contributed by atoms with Gasteiger partial charge in [-0.15, -0.1) is 6.58 Å². The van der Waals surface area contributed by atoms with Crippen LogP contribution in [0.15, 0.2) is 12.7 Å². The lowest BCUT2D eigenvalue weighted by molar-refractivity contribution is -0.136. The van der Waals surface area contributed by atoms with Crippen LogP contribution in [0.25, 0.3) is 0 Å². The molecular weight excluding hydrogens is 212 g/mol. The maximum absolute atomic E-state index is 12.2. The first-order chi connectivity index (χ1) is 8.33. The standard InChI is InChI=1S/C14H24N2O/c1-2-9-15-11-14(17)16-10-5-7-12-6-3-4-8-13(12)16/h2,12-13,15H,1,3-11H2/t12-,13-/m1/s1. The first kappa shape index (κ1) is 12.6. The molecule has 0 radical (unpaired) electrons. The number of nitrogens with zero attached hydrogens (tertiary/aromatic N) is 1. The number of likely N-dealkylation sites (tertiary alicyclic amines) is 1. The summed E-state index contributed by atoms with van der Waals surface area (Å²) in [7, 11) is 0. The van der Waals surface area contributed by atoms with Gasteiger partial charge >= 0.3 is 0 Å². The highest BCUT2D eigenvalue weighted by Gasteiger charge is 2.35. The van der Waals surface area contributed by atoms with E-state index < -0.39 is 0 Å². The number of hydrogen-bond acceptors (Lipinski definition) is 2. The average molecular weight is 236 g/mol. The molecule has 0 spiro atoms. The Labute approximate surface area is 104 Å². The zero-order chi connectivity index (χ0) is 12.1. The van der Waals surface area contributed by atoms with Gasteiger partial charge < -0.3 is 10.2 Å². The van der Waals surface area contributed by atoms with Crippen LogP contribution in [0.1, 0.15) is 38.5 Å². The summed E-state index contributed by atoms with van der Waals surface area (Å²) < 4.78 is 0. The Bertz CT molecular complexity index is 275. The molecule has 0 aromatic carbocycles. The highest BCUT2D eigenvalue weighted by Crippen LogP contribution is 2.35. The van der Waals surface area contributed by atoms with Crippen LogP contribution in [0.2, 0.25) is 0 Å². The number of nitrogens with one attached hydrogen (secondary N) is 1. The summed E-state index contributed by atoms with van der Waals surface area (Å²) >= 11 is 0. The molecule has 1 saturated heterocycles. The molecule has 0 aromatic heterocycles. The maximum Gasteiger partial charge on any atom is 0.236 e. The molecule has 1 aliphatic carbocycles. The Hall–Kier alpha value is -0.830. The van der Waals surface area contributed by atoms with Crippen molar-refractivity contribution in [3.05, 3.63) is 12.7 Å². The molecule has 3 heteroatoms. The monoisotopic (exact) mass is 236 g/mol. The third-order valence-corrected chi connectivity index (χ3v) is 4.13. The summed E-state index contributed by atoms with van der Waals surface area (Å²) in [4.78, 5) is 14.3. The fourth-order valence-electron chi connectivity index (χ4n) is 3.32. The summed E-state index contributed by atoms with van der Waals surface area (Å²) in [5.74, 6) is 1.06. The fraction of sp³-hybridized carbons (Fsp3) is 0.786. The fourth-order valence-corrected chi connectivity index (χ4v) is 3.32. The van der Waals surface area contributed by atoms with E-state index >= 15 is 0 Å². The van der Waals surface area contributed by atoms with Gasteiger partial charge in [-0.05, 0) is 31.6 Å². The highest BCUT2D eigenvalue weighted by molar-refractivity contribution is 5.78. The summed E-state index contributed by atoms with van der Waals surface area (Å²) in [5.41, 5.74) is 0. The van der Waals surface area contributed by atoms with Gasteiger partial charge in [0.1, 0.15) is 0 Å². The van der Waals surface area contributed by atoms with Crippen molar-refractivity contribution in [3.8, 4) is 0 Å². The number of carbonyl (C=O) groups is 1. The van der Waals surface area contributed by atoms with Crippen molar-refractivity contribution in [2.45, 2.75) is 44.6 Å². The molecule has 1 saturated carbocycles. The number of rotatable bonds is 4. The van der Waals surface area contributed by atoms with Gasteiger partial charge in [-0.2, -0.15) is 0 Å². The molecule has 1 aliphatic heterocycles. The number of amides is 1. The smallest absolute Gasteiger partial charge is 0.236 e. The van der Waals surface area contributed by atoms with Gasteiger partial charge in [0.05, 0.1) is 6.54 Å². The van der Waals surface area contributed by atoms with Gasteiger partial charge in [-0.1, -0.05) is 18.9 Å². The normalized spacial score (nSPS) is 28.6. The minimum absolute atomic E-state index is 0.281. The van der Waals surface area contributed by atoms with Crippen LogP contribution in [-0.4, -0.2) is 36.5 Å². The summed E-state index contributed by atoms with van der Waals surface area (Å²) in [6, 6.07) is 0.538. The number of piperidine rings is 1. The lowest BCUT2D eigenvalue weighted by atomic mass is 9.78. The molecule has 1 amide bonds. The van der Waals surface area contributed by atoms with Crippen LogP contribution in [0, 0.1) is 5.92 Å². The van der Waals surface area contributed by atoms with E-state index in [0.29, 0.717) is 19.1 Å². The van der Waals surface area contributed by atoms with Crippen molar-refractivity contribution in [1.82, 2.24) is 10.2 Å². The largest absolute Gasteiger partial charge is 0.338 e. The minimum Gasteiger partial charge on any atom is -0.338 e. The molecule has 0 unspecified atom stereocenters. The van der Waals surface area contributed by atoms with Gasteiger partial charge in [0, 0.05) is 19.1 Å². The second kappa shape index (κ2) is 6.20. The van der Waals surface area contributed by atoms with E-state index in [1.807, 2.05) is 0 Å². The third-order valence-electron chi connectivity index (χ3n) is 4.13. The van der Waals surface area contributed by atoms with Crippen LogP contribution in [0.3, 0.4) is 0 Å². The van der Waals surface area contributed by atoms with Crippen LogP contribution in [-0.2, 0) is 4.79 Å². The minimum atomic E-state index is 0.281. The van der Waals surface area contributed by atoms with Crippen molar-refractivity contribution in [2.75, 3.05) is 19.6 Å². The van der Waals surface area contributed by atoms with E-state index in [-0.39, 0.29) is 5.91 Å². The van der Waals surface area contributed by atoms with E-state index in [4.69, 9.17) is 0 Å². The third kappa shape index (κ3) is 3.09. The molecule has 1 N–H and O–H groups in total. The summed E-state index contributed by atoms with van der Waals surface area (Å²) in [6.07, 6.45) is 9.52. The van der Waals surface area contributed by atoms with E-state index in [9.17, 15) is 4.79 Å². The molecule has 3 nitrogen and oxygen atoms in total. The van der Waals surface area contributed by atoms with Crippen LogP contribution < -0.4 is 5.32 Å². The quantitative estimate of drug-likeness (QED) is 0.597. The summed E-state index contributed by atoms with van der Waals surface area (Å²) in [6.45, 7) is 5.80. The van der Waals surface area contributed by atoms with Crippen molar-refractivity contribution in [3.63, 3.8) is 0 Å². The Morgan fingerprint density at radius 1 is 1.29 bits per heavy atom. The SMILES string of the molecule is C=CCNCC(=O)N1CCC[C@H]2CCCC[C@H]21. The van der Waals surface area contributed by atoms with Gasteiger partial charge in [0.15, 0.2) is 0 Å². The molecule has 1 heterocycles. The van der Waals surface area contributed by atoms with Gasteiger partial charge in [0.2, 0.25) is 5.91 Å². The maximum atomic E-state index is 12.2. The van der Waals surface area contributed by atoms with Gasteiger partial charge in [0.25, 0.3) is 0 Å². The summed E-state index contributed by atoms with van der Waals surface area (Å²) in [5, 5.41) is 3.12. The van der Waals surface area contributed by atoms with Crippen molar-refractivity contribution in [2.24, 2.45) is 5.92 Å². The van der Waals surface area contributed by atoms with Gasteiger partial charge in [-0.25, -0.2) is 0 Å². The average Bonchev–Trinajstić information content (AvgIpc) is 2.38. The molecule has 0 bridgehead atoms. The predicted octanol–water partition coefficient (Wildman–Crippen LogP) is 1.94. The molecule has 17 heavy (non-hydrogen) atoms. The second-order valence-electron chi connectivity index (χ2n) is 5.26. The first-order valence-corrected chi connectivity index (χ1v) is 6.94. The van der Waals surface area contributed by atoms with E-state index in [0.717, 1.165) is 12.5 Å². The molecule has 2 rings (SSSR count). The molecular formula is C14H24N2O. The van der Waals surface area contributed by atoms with Crippen LogP contribution in [0.5, 0.6) is 0 Å². The Morgan fingerprint density at radius 3 is 2.88 bits per heavy atom. The lowest BCUT2D eigenvalue weighted by Gasteiger charge is -2.44. The Morgan fingerprint density at radius 2 is 2.06 bits per heavy atom. The van der Waals surface area contributed by atoms with Crippen molar-refractivity contribution < 1.29 is 4.79 Å². The topological polar surface area (TPSA) is 32.3 Å². The molecule has 0 aromatic rings. The van der Waals surface area contributed by atoms with Crippen molar-refractivity contribution in [1.29, 1.82) is 0 Å². The lowest BCUT2D eigenvalue weighted by Crippen LogP contribution is -2.52. The van der Waals surface area contributed by atoms with E-state index in [1.165, 1.54) is 38.5 Å². The molecule has 96 valence electrons. The molecule has 2 aliphatic rings. The highest BCUT2D eigenvalue weighted by atomic mass is 16.2. The number of carbonyl (C=O) groups excluding carboxylic acids is 1. The van der Waals surface area contributed by atoms with Gasteiger partial charge in [-0.3, -0.25) is 4.79 Å². The first-order valence-electron chi connectivity index (χ1n) is 6.94. The van der Waals surface area contributed by atoms with Crippen molar-refractivity contribution >= 4 is 5.91 Å². The van der Waals surface area contributed by atoms with E-state index in [2.05, 4.69) is 16.8 Å².